The van der Waals surface area contributed by atoms with Gasteiger partial charge in [-0.25, -0.2) is 0 Å². The van der Waals surface area contributed by atoms with Gasteiger partial charge in [0.15, 0.2) is 0 Å². The van der Waals surface area contributed by atoms with Gasteiger partial charge in [-0.2, -0.15) is 0 Å². The van der Waals surface area contributed by atoms with Crippen molar-refractivity contribution in [3.63, 3.8) is 0 Å². The highest BCUT2D eigenvalue weighted by atomic mass is 16.6. The van der Waals surface area contributed by atoms with Crippen LogP contribution in [-0.2, 0) is 25.6 Å². The summed E-state index contributed by atoms with van der Waals surface area (Å²) in [4.78, 5) is 4.36. The molecule has 29 heavy (non-hydrogen) atoms. The van der Waals surface area contributed by atoms with Gasteiger partial charge >= 0.3 is 0 Å². The minimum Gasteiger partial charge on any atom is -0.379 e. The summed E-state index contributed by atoms with van der Waals surface area (Å²) in [7, 11) is 0. The Balaban J connectivity index is 1.73. The van der Waals surface area contributed by atoms with E-state index in [2.05, 4.69) is 34.3 Å². The molecular formula is C22H35N3O4. The molecule has 1 unspecified atom stereocenters. The third-order valence-corrected chi connectivity index (χ3v) is 4.30. The van der Waals surface area contributed by atoms with Crippen LogP contribution in [0.5, 0.6) is 0 Å². The third-order valence-electron chi connectivity index (χ3n) is 4.30. The molecule has 0 saturated heterocycles. The Hall–Kier alpha value is -1.61. The summed E-state index contributed by atoms with van der Waals surface area (Å²) < 4.78 is 23.1. The Morgan fingerprint density at radius 2 is 1.79 bits per heavy atom. The third kappa shape index (κ3) is 11.9. The van der Waals surface area contributed by atoms with Gasteiger partial charge in [0.05, 0.1) is 52.8 Å². The average Bonchev–Trinajstić information content (AvgIpc) is 2.75. The van der Waals surface area contributed by atoms with Crippen LogP contribution in [0.15, 0.2) is 35.8 Å². The van der Waals surface area contributed by atoms with Gasteiger partial charge in [-0.3, -0.25) is 4.99 Å². The largest absolute Gasteiger partial charge is 0.379 e. The lowest BCUT2D eigenvalue weighted by Crippen LogP contribution is -2.30. The molecule has 1 aliphatic rings. The number of nitrogens with one attached hydrogen (secondary N) is 2. The molecule has 0 bridgehead atoms. The fourth-order valence-corrected chi connectivity index (χ4v) is 2.67. The topological polar surface area (TPSA) is 73.3 Å². The van der Waals surface area contributed by atoms with E-state index in [0.29, 0.717) is 52.8 Å². The Kier molecular flexibility index (Phi) is 13.2. The fourth-order valence-electron chi connectivity index (χ4n) is 2.67. The molecule has 1 heterocycles. The second-order valence-electron chi connectivity index (χ2n) is 6.68. The molecule has 0 aromatic heterocycles. The molecule has 0 spiro atoms. The first-order valence-corrected chi connectivity index (χ1v) is 10.3. The first kappa shape index (κ1) is 23.7. The van der Waals surface area contributed by atoms with Gasteiger partial charge < -0.3 is 29.6 Å². The van der Waals surface area contributed by atoms with E-state index in [1.54, 1.807) is 0 Å². The molecule has 7 nitrogen and oxygen atoms in total. The Morgan fingerprint density at radius 1 is 1.03 bits per heavy atom. The van der Waals surface area contributed by atoms with Gasteiger partial charge in [-0.05, 0) is 11.1 Å². The summed E-state index contributed by atoms with van der Waals surface area (Å²) in [6.07, 6.45) is 3.60. The highest BCUT2D eigenvalue weighted by molar-refractivity contribution is 5.59. The number of benzene rings is 1. The molecule has 2 N–H and O–H groups in total. The summed E-state index contributed by atoms with van der Waals surface area (Å²) in [5.74, 6) is 0. The number of aliphatic imine (C=N–C) groups is 1. The number of hydrogen-bond acceptors (Lipinski definition) is 7. The van der Waals surface area contributed by atoms with Crippen molar-refractivity contribution in [2.75, 3.05) is 72.4 Å². The number of nitrogens with zero attached hydrogens (tertiary/aromatic N) is 1. The predicted molar refractivity (Wildman–Crippen MR) is 117 cm³/mol. The zero-order chi connectivity index (χ0) is 20.4. The quantitative estimate of drug-likeness (QED) is 0.774. The second-order valence-corrected chi connectivity index (χ2v) is 6.68. The van der Waals surface area contributed by atoms with Crippen molar-refractivity contribution < 1.29 is 18.9 Å². The van der Waals surface area contributed by atoms with E-state index in [0.717, 1.165) is 37.3 Å². The van der Waals surface area contributed by atoms with Crippen molar-refractivity contribution in [2.45, 2.75) is 12.7 Å². The lowest BCUT2D eigenvalue weighted by atomic mass is 10.1. The Bertz CT molecular complexity index is 566. The van der Waals surface area contributed by atoms with Crippen LogP contribution in [0.4, 0.5) is 0 Å². The highest BCUT2D eigenvalue weighted by Gasteiger charge is 2.10. The first-order chi connectivity index (χ1) is 14.4. The van der Waals surface area contributed by atoms with Crippen LogP contribution in [0, 0.1) is 0 Å². The average molecular weight is 406 g/mol. The SMILES string of the molecule is C=Cc1ccc(COCC2COCCNCCOCCNC/C=N/CCO2)cc1. The fraction of sp³-hybridized carbons (Fsp3) is 0.591. The van der Waals surface area contributed by atoms with Crippen LogP contribution in [0.1, 0.15) is 11.1 Å². The van der Waals surface area contributed by atoms with Gasteiger partial charge in [0.1, 0.15) is 6.10 Å². The summed E-state index contributed by atoms with van der Waals surface area (Å²) in [6, 6.07) is 8.17. The van der Waals surface area contributed by atoms with E-state index in [9.17, 15) is 0 Å². The van der Waals surface area contributed by atoms with Crippen LogP contribution < -0.4 is 10.6 Å². The zero-order valence-corrected chi connectivity index (χ0v) is 17.3. The molecule has 0 aliphatic carbocycles. The molecule has 1 aromatic carbocycles. The molecule has 1 aromatic rings. The molecular weight excluding hydrogens is 370 g/mol. The van der Waals surface area contributed by atoms with Crippen molar-refractivity contribution in [3.05, 3.63) is 42.0 Å². The van der Waals surface area contributed by atoms with E-state index < -0.39 is 0 Å². The van der Waals surface area contributed by atoms with E-state index in [4.69, 9.17) is 18.9 Å². The standard InChI is InChI=1S/C22H35N3O4/c1-2-20-3-5-21(6-4-20)17-28-19-22-18-27-15-11-25-10-14-26-13-9-23-7-8-24-12-16-29-22/h2-6,8,22-23,25H,1,7,9-19H2/b24-8+. The predicted octanol–water partition coefficient (Wildman–Crippen LogP) is 1.53. The van der Waals surface area contributed by atoms with Crippen LogP contribution in [0.25, 0.3) is 6.08 Å². The van der Waals surface area contributed by atoms with Crippen molar-refractivity contribution in [1.29, 1.82) is 0 Å². The van der Waals surface area contributed by atoms with Crippen LogP contribution in [0.2, 0.25) is 0 Å². The van der Waals surface area contributed by atoms with Gasteiger partial charge in [0.2, 0.25) is 0 Å². The molecule has 2 rings (SSSR count). The highest BCUT2D eigenvalue weighted by Crippen LogP contribution is 2.07. The molecule has 0 radical (unpaired) electrons. The van der Waals surface area contributed by atoms with Gasteiger partial charge in [0.25, 0.3) is 0 Å². The van der Waals surface area contributed by atoms with Crippen LogP contribution in [0.3, 0.4) is 0 Å². The maximum atomic E-state index is 5.92. The van der Waals surface area contributed by atoms with Gasteiger partial charge in [0, 0.05) is 32.4 Å². The second kappa shape index (κ2) is 16.2. The molecule has 1 atom stereocenters. The van der Waals surface area contributed by atoms with E-state index >= 15 is 0 Å². The number of hydrogen-bond donors (Lipinski definition) is 2. The smallest absolute Gasteiger partial charge is 0.104 e. The molecule has 162 valence electrons. The van der Waals surface area contributed by atoms with Crippen molar-refractivity contribution >= 4 is 12.3 Å². The maximum absolute atomic E-state index is 5.92. The van der Waals surface area contributed by atoms with Crippen LogP contribution in [-0.4, -0.2) is 84.7 Å². The normalized spacial score (nSPS) is 22.3. The lowest BCUT2D eigenvalue weighted by Gasteiger charge is -2.18. The monoisotopic (exact) mass is 405 g/mol. The van der Waals surface area contributed by atoms with Crippen molar-refractivity contribution in [1.82, 2.24) is 10.6 Å². The number of ether oxygens (including phenoxy) is 4. The first-order valence-electron chi connectivity index (χ1n) is 10.3. The van der Waals surface area contributed by atoms with E-state index in [1.165, 1.54) is 0 Å². The van der Waals surface area contributed by atoms with Gasteiger partial charge in [-0.1, -0.05) is 36.9 Å². The molecule has 0 amide bonds. The van der Waals surface area contributed by atoms with Crippen molar-refractivity contribution in [3.8, 4) is 0 Å². The minimum absolute atomic E-state index is 0.113. The summed E-state index contributed by atoms with van der Waals surface area (Å²) in [6.45, 7) is 11.7. The summed E-state index contributed by atoms with van der Waals surface area (Å²) >= 11 is 0. The van der Waals surface area contributed by atoms with Crippen molar-refractivity contribution in [2.24, 2.45) is 4.99 Å². The molecule has 1 aliphatic heterocycles. The minimum atomic E-state index is -0.113. The zero-order valence-electron chi connectivity index (χ0n) is 17.3. The van der Waals surface area contributed by atoms with E-state index in [1.807, 2.05) is 24.4 Å². The summed E-state index contributed by atoms with van der Waals surface area (Å²) in [5, 5.41) is 6.58. The Morgan fingerprint density at radius 3 is 2.59 bits per heavy atom. The molecule has 7 heteroatoms. The van der Waals surface area contributed by atoms with E-state index in [-0.39, 0.29) is 6.10 Å². The maximum Gasteiger partial charge on any atom is 0.104 e. The molecule has 0 saturated carbocycles. The Labute approximate surface area is 174 Å². The lowest BCUT2D eigenvalue weighted by molar-refractivity contribution is -0.0605. The number of rotatable bonds is 5. The van der Waals surface area contributed by atoms with Crippen LogP contribution >= 0.6 is 0 Å². The van der Waals surface area contributed by atoms with Gasteiger partial charge in [-0.15, -0.1) is 0 Å². The summed E-state index contributed by atoms with van der Waals surface area (Å²) in [5.41, 5.74) is 2.23. The molecule has 0 fully saturated rings.